The first kappa shape index (κ1) is 14.4. The third kappa shape index (κ3) is 3.21. The van der Waals surface area contributed by atoms with Gasteiger partial charge < -0.3 is 10.1 Å². The normalized spacial score (nSPS) is 21.9. The highest BCUT2D eigenvalue weighted by Gasteiger charge is 2.31. The number of halogens is 2. The average molecular weight is 322 g/mol. The number of carbonyl (C=O) groups excluding carboxylic acids is 1. The van der Waals surface area contributed by atoms with E-state index in [1.807, 2.05) is 36.4 Å². The maximum absolute atomic E-state index is 11.7. The molecule has 3 rings (SSSR count). The summed E-state index contributed by atoms with van der Waals surface area (Å²) in [4.78, 5) is 11.7. The molecule has 1 aliphatic heterocycles. The van der Waals surface area contributed by atoms with Crippen molar-refractivity contribution >= 4 is 29.1 Å². The van der Waals surface area contributed by atoms with E-state index in [1.165, 1.54) is 0 Å². The van der Waals surface area contributed by atoms with Crippen molar-refractivity contribution in [2.75, 3.05) is 6.61 Å². The molecule has 1 amide bonds. The van der Waals surface area contributed by atoms with Crippen LogP contribution in [0.1, 0.15) is 23.3 Å². The first-order chi connectivity index (χ1) is 10.1. The van der Waals surface area contributed by atoms with E-state index in [0.717, 1.165) is 11.1 Å². The Morgan fingerprint density at radius 1 is 0.905 bits per heavy atom. The number of hydrogen-bond acceptors (Lipinski definition) is 2. The van der Waals surface area contributed by atoms with Crippen molar-refractivity contribution in [1.82, 2.24) is 5.32 Å². The molecule has 2 aromatic carbocycles. The summed E-state index contributed by atoms with van der Waals surface area (Å²) < 4.78 is 5.73. The standard InChI is InChI=1S/C16H13Cl2NO2/c17-12-5-1-10(2-6-12)15-16(21-9-14(20)19-15)11-3-7-13(18)8-4-11/h1-8,15-16H,9H2,(H,19,20). The molecule has 0 bridgehead atoms. The quantitative estimate of drug-likeness (QED) is 0.910. The number of hydrogen-bond donors (Lipinski definition) is 1. The maximum atomic E-state index is 11.7. The minimum Gasteiger partial charge on any atom is -0.361 e. The molecule has 2 aromatic rings. The zero-order valence-corrected chi connectivity index (χ0v) is 12.6. The van der Waals surface area contributed by atoms with E-state index < -0.39 is 0 Å². The van der Waals surface area contributed by atoms with Gasteiger partial charge in [0.25, 0.3) is 0 Å². The van der Waals surface area contributed by atoms with E-state index in [4.69, 9.17) is 27.9 Å². The Hall–Kier alpha value is -1.55. The Balaban J connectivity index is 1.94. The summed E-state index contributed by atoms with van der Waals surface area (Å²) in [5.74, 6) is -0.125. The summed E-state index contributed by atoms with van der Waals surface area (Å²) in [6.07, 6.45) is -0.249. The smallest absolute Gasteiger partial charge is 0.246 e. The van der Waals surface area contributed by atoms with Gasteiger partial charge in [0.2, 0.25) is 5.91 Å². The summed E-state index contributed by atoms with van der Waals surface area (Å²) in [5.41, 5.74) is 1.92. The number of nitrogens with one attached hydrogen (secondary N) is 1. The van der Waals surface area contributed by atoms with Gasteiger partial charge in [0.05, 0.1) is 6.04 Å². The van der Waals surface area contributed by atoms with Crippen molar-refractivity contribution in [3.05, 3.63) is 69.7 Å². The number of amides is 1. The van der Waals surface area contributed by atoms with Crippen LogP contribution in [0.4, 0.5) is 0 Å². The molecule has 1 N–H and O–H groups in total. The van der Waals surface area contributed by atoms with Crippen LogP contribution in [0.2, 0.25) is 10.0 Å². The molecule has 0 aliphatic carbocycles. The van der Waals surface area contributed by atoms with Gasteiger partial charge in [-0.1, -0.05) is 47.5 Å². The lowest BCUT2D eigenvalue weighted by Crippen LogP contribution is -2.41. The van der Waals surface area contributed by atoms with Gasteiger partial charge in [-0.2, -0.15) is 0 Å². The second-order valence-electron chi connectivity index (χ2n) is 4.88. The molecule has 2 atom stereocenters. The largest absolute Gasteiger partial charge is 0.361 e. The fraction of sp³-hybridized carbons (Fsp3) is 0.188. The van der Waals surface area contributed by atoms with Crippen LogP contribution in [0.15, 0.2) is 48.5 Å². The second-order valence-corrected chi connectivity index (χ2v) is 5.75. The Kier molecular flexibility index (Phi) is 4.15. The SMILES string of the molecule is O=C1COC(c2ccc(Cl)cc2)C(c2ccc(Cl)cc2)N1. The first-order valence-corrected chi connectivity index (χ1v) is 7.31. The van der Waals surface area contributed by atoms with Crippen LogP contribution >= 0.6 is 23.2 Å². The van der Waals surface area contributed by atoms with Crippen molar-refractivity contribution in [2.45, 2.75) is 12.1 Å². The van der Waals surface area contributed by atoms with Crippen molar-refractivity contribution < 1.29 is 9.53 Å². The third-order valence-electron chi connectivity index (χ3n) is 3.44. The average Bonchev–Trinajstić information content (AvgIpc) is 2.49. The molecule has 1 fully saturated rings. The van der Waals surface area contributed by atoms with Gasteiger partial charge in [-0.05, 0) is 35.4 Å². The van der Waals surface area contributed by atoms with Crippen LogP contribution in [0.25, 0.3) is 0 Å². The van der Waals surface area contributed by atoms with E-state index in [-0.39, 0.29) is 24.7 Å². The van der Waals surface area contributed by atoms with E-state index in [1.54, 1.807) is 12.1 Å². The van der Waals surface area contributed by atoms with Gasteiger partial charge in [0.15, 0.2) is 0 Å². The fourth-order valence-corrected chi connectivity index (χ4v) is 2.67. The van der Waals surface area contributed by atoms with Gasteiger partial charge in [0.1, 0.15) is 12.7 Å². The second kappa shape index (κ2) is 6.06. The summed E-state index contributed by atoms with van der Waals surface area (Å²) in [6.45, 7) is 0.0530. The fourth-order valence-electron chi connectivity index (χ4n) is 2.42. The molecule has 0 aromatic heterocycles. The molecule has 3 nitrogen and oxygen atoms in total. The molecule has 0 spiro atoms. The molecule has 2 unspecified atom stereocenters. The van der Waals surface area contributed by atoms with Gasteiger partial charge in [-0.3, -0.25) is 4.79 Å². The van der Waals surface area contributed by atoms with Crippen molar-refractivity contribution in [3.8, 4) is 0 Å². The molecule has 1 heterocycles. The third-order valence-corrected chi connectivity index (χ3v) is 3.94. The number of carbonyl (C=O) groups is 1. The minimum atomic E-state index is -0.249. The lowest BCUT2D eigenvalue weighted by atomic mass is 9.94. The highest BCUT2D eigenvalue weighted by Crippen LogP contribution is 2.35. The van der Waals surface area contributed by atoms with E-state index in [0.29, 0.717) is 10.0 Å². The van der Waals surface area contributed by atoms with Crippen molar-refractivity contribution in [1.29, 1.82) is 0 Å². The lowest BCUT2D eigenvalue weighted by Gasteiger charge is -2.33. The predicted molar refractivity (Wildman–Crippen MR) is 82.5 cm³/mol. The summed E-state index contributed by atoms with van der Waals surface area (Å²) >= 11 is 11.8. The summed E-state index contributed by atoms with van der Waals surface area (Å²) in [5, 5.41) is 4.30. The van der Waals surface area contributed by atoms with E-state index in [2.05, 4.69) is 5.32 Å². The molecule has 1 saturated heterocycles. The molecule has 0 saturated carbocycles. The van der Waals surface area contributed by atoms with Gasteiger partial charge in [-0.15, -0.1) is 0 Å². The zero-order chi connectivity index (χ0) is 14.8. The number of ether oxygens (including phenoxy) is 1. The highest BCUT2D eigenvalue weighted by atomic mass is 35.5. The molecular weight excluding hydrogens is 309 g/mol. The van der Waals surface area contributed by atoms with Crippen LogP contribution in [-0.4, -0.2) is 12.5 Å². The molecule has 0 radical (unpaired) electrons. The zero-order valence-electron chi connectivity index (χ0n) is 11.1. The number of benzene rings is 2. The number of rotatable bonds is 2. The Labute approximate surface area is 132 Å². The topological polar surface area (TPSA) is 38.3 Å². The van der Waals surface area contributed by atoms with Crippen LogP contribution in [0.3, 0.4) is 0 Å². The Morgan fingerprint density at radius 3 is 2.00 bits per heavy atom. The minimum absolute atomic E-state index is 0.0530. The van der Waals surface area contributed by atoms with E-state index in [9.17, 15) is 4.79 Å². The Morgan fingerprint density at radius 2 is 1.43 bits per heavy atom. The van der Waals surface area contributed by atoms with Crippen LogP contribution < -0.4 is 5.32 Å². The lowest BCUT2D eigenvalue weighted by molar-refractivity contribution is -0.137. The van der Waals surface area contributed by atoms with Gasteiger partial charge >= 0.3 is 0 Å². The predicted octanol–water partition coefficient (Wildman–Crippen LogP) is 3.92. The Bertz CT molecular complexity index is 640. The van der Waals surface area contributed by atoms with E-state index >= 15 is 0 Å². The monoisotopic (exact) mass is 321 g/mol. The van der Waals surface area contributed by atoms with Gasteiger partial charge in [-0.25, -0.2) is 0 Å². The molecule has 108 valence electrons. The molecule has 5 heteroatoms. The molecule has 1 aliphatic rings. The number of morpholine rings is 1. The maximum Gasteiger partial charge on any atom is 0.246 e. The van der Waals surface area contributed by atoms with Crippen molar-refractivity contribution in [3.63, 3.8) is 0 Å². The highest BCUT2D eigenvalue weighted by molar-refractivity contribution is 6.30. The van der Waals surface area contributed by atoms with Crippen molar-refractivity contribution in [2.24, 2.45) is 0 Å². The molecular formula is C16H13Cl2NO2. The van der Waals surface area contributed by atoms with Gasteiger partial charge in [0, 0.05) is 10.0 Å². The first-order valence-electron chi connectivity index (χ1n) is 6.55. The van der Waals surface area contributed by atoms with Crippen LogP contribution in [0.5, 0.6) is 0 Å². The molecule has 21 heavy (non-hydrogen) atoms. The summed E-state index contributed by atoms with van der Waals surface area (Å²) in [6, 6.07) is 14.6. The summed E-state index contributed by atoms with van der Waals surface area (Å²) in [7, 11) is 0. The van der Waals surface area contributed by atoms with Crippen LogP contribution in [0, 0.1) is 0 Å². The van der Waals surface area contributed by atoms with Crippen LogP contribution in [-0.2, 0) is 9.53 Å².